The molecule has 0 radical (unpaired) electrons. The molecule has 0 bridgehead atoms. The molecule has 0 aliphatic rings. The zero-order valence-corrected chi connectivity index (χ0v) is 10.2. The number of hydrogen-bond donors (Lipinski definition) is 1. The van der Waals surface area contributed by atoms with E-state index in [0.717, 1.165) is 11.3 Å². The van der Waals surface area contributed by atoms with Gasteiger partial charge in [0.05, 0.1) is 23.1 Å². The second kappa shape index (κ2) is 4.85. The normalized spacial score (nSPS) is 12.7. The number of hydrogen-bond acceptors (Lipinski definition) is 2. The van der Waals surface area contributed by atoms with E-state index >= 15 is 0 Å². The molecule has 0 amide bonds. The number of imidazole rings is 1. The van der Waals surface area contributed by atoms with Gasteiger partial charge in [-0.25, -0.2) is 9.37 Å². The van der Waals surface area contributed by atoms with E-state index in [1.54, 1.807) is 24.7 Å². The first-order valence-electron chi connectivity index (χ1n) is 5.23. The highest BCUT2D eigenvalue weighted by Gasteiger charge is 2.11. The van der Waals surface area contributed by atoms with Crippen LogP contribution in [0.4, 0.5) is 4.39 Å². The van der Waals surface area contributed by atoms with Crippen molar-refractivity contribution < 1.29 is 4.39 Å². The quantitative estimate of drug-likeness (QED) is 0.913. The van der Waals surface area contributed by atoms with Crippen LogP contribution < -0.4 is 5.73 Å². The summed E-state index contributed by atoms with van der Waals surface area (Å²) in [6.45, 7) is 0. The first-order chi connectivity index (χ1) is 8.08. The predicted octanol–water partition coefficient (Wildman–Crippen LogP) is 2.46. The maximum atomic E-state index is 13.3. The number of rotatable bonds is 3. The van der Waals surface area contributed by atoms with Gasteiger partial charge in [0.1, 0.15) is 5.82 Å². The lowest BCUT2D eigenvalue weighted by atomic mass is 10.0. The molecule has 2 N–H and O–H groups in total. The van der Waals surface area contributed by atoms with Crippen LogP contribution in [0.2, 0.25) is 5.02 Å². The fraction of sp³-hybridized carbons (Fsp3) is 0.250. The van der Waals surface area contributed by atoms with Gasteiger partial charge in [-0.05, 0) is 24.1 Å². The van der Waals surface area contributed by atoms with Crippen LogP contribution in [0.1, 0.15) is 17.3 Å². The molecule has 2 aromatic rings. The molecule has 0 saturated carbocycles. The highest BCUT2D eigenvalue weighted by molar-refractivity contribution is 6.30. The lowest BCUT2D eigenvalue weighted by Gasteiger charge is -2.12. The van der Waals surface area contributed by atoms with E-state index < -0.39 is 5.82 Å². The Bertz CT molecular complexity index is 524. The third kappa shape index (κ3) is 2.65. The molecule has 0 spiro atoms. The summed E-state index contributed by atoms with van der Waals surface area (Å²) in [6, 6.07) is 4.53. The third-order valence-electron chi connectivity index (χ3n) is 2.67. The molecule has 1 aromatic carbocycles. The lowest BCUT2D eigenvalue weighted by Crippen LogP contribution is -2.16. The molecule has 1 atom stereocenters. The van der Waals surface area contributed by atoms with Crippen molar-refractivity contribution in [3.05, 3.63) is 52.8 Å². The van der Waals surface area contributed by atoms with Crippen molar-refractivity contribution in [3.8, 4) is 0 Å². The zero-order chi connectivity index (χ0) is 12.4. The molecule has 3 nitrogen and oxygen atoms in total. The van der Waals surface area contributed by atoms with Gasteiger partial charge in [-0.2, -0.15) is 0 Å². The van der Waals surface area contributed by atoms with Gasteiger partial charge in [0.25, 0.3) is 0 Å². The van der Waals surface area contributed by atoms with Crippen LogP contribution in [0.15, 0.2) is 30.7 Å². The van der Waals surface area contributed by atoms with E-state index in [4.69, 9.17) is 17.3 Å². The topological polar surface area (TPSA) is 43.8 Å². The molecule has 90 valence electrons. The summed E-state index contributed by atoms with van der Waals surface area (Å²) in [5, 5.41) is 0.128. The molecule has 0 saturated heterocycles. The summed E-state index contributed by atoms with van der Waals surface area (Å²) in [5.41, 5.74) is 7.78. The van der Waals surface area contributed by atoms with E-state index in [1.807, 2.05) is 11.6 Å². The molecule has 17 heavy (non-hydrogen) atoms. The summed E-state index contributed by atoms with van der Waals surface area (Å²) in [7, 11) is 1.88. The fourth-order valence-electron chi connectivity index (χ4n) is 1.75. The van der Waals surface area contributed by atoms with E-state index in [2.05, 4.69) is 4.98 Å². The minimum atomic E-state index is -0.415. The summed E-state index contributed by atoms with van der Waals surface area (Å²) in [5.74, 6) is -0.415. The molecule has 0 aliphatic carbocycles. The Balaban J connectivity index is 2.16. The van der Waals surface area contributed by atoms with Crippen LogP contribution in [-0.4, -0.2) is 9.55 Å². The van der Waals surface area contributed by atoms with Crippen molar-refractivity contribution in [1.29, 1.82) is 0 Å². The first-order valence-corrected chi connectivity index (χ1v) is 5.61. The molecular weight excluding hydrogens is 241 g/mol. The van der Waals surface area contributed by atoms with E-state index in [1.165, 1.54) is 6.07 Å². The molecule has 1 heterocycles. The van der Waals surface area contributed by atoms with E-state index in [0.29, 0.717) is 6.42 Å². The van der Waals surface area contributed by atoms with E-state index in [-0.39, 0.29) is 11.1 Å². The van der Waals surface area contributed by atoms with Crippen molar-refractivity contribution in [2.45, 2.75) is 12.5 Å². The molecule has 2 rings (SSSR count). The van der Waals surface area contributed by atoms with Gasteiger partial charge < -0.3 is 10.3 Å². The largest absolute Gasteiger partial charge is 0.336 e. The number of nitrogens with zero attached hydrogens (tertiary/aromatic N) is 2. The lowest BCUT2D eigenvalue weighted by molar-refractivity contribution is 0.617. The third-order valence-corrected chi connectivity index (χ3v) is 2.98. The smallest absolute Gasteiger partial charge is 0.142 e. The molecular formula is C12H13ClFN3. The predicted molar refractivity (Wildman–Crippen MR) is 65.3 cm³/mol. The van der Waals surface area contributed by atoms with Gasteiger partial charge in [0.2, 0.25) is 0 Å². The SMILES string of the molecule is Cn1cncc1C(N)Cc1ccc(Cl)c(F)c1. The number of aryl methyl sites for hydroxylation is 1. The second-order valence-electron chi connectivity index (χ2n) is 3.99. The number of aromatic nitrogens is 2. The summed E-state index contributed by atoms with van der Waals surface area (Å²) < 4.78 is 15.1. The Hall–Kier alpha value is -1.39. The maximum Gasteiger partial charge on any atom is 0.142 e. The van der Waals surface area contributed by atoms with Gasteiger partial charge in [0.15, 0.2) is 0 Å². The van der Waals surface area contributed by atoms with Crippen LogP contribution in [-0.2, 0) is 13.5 Å². The molecule has 1 aromatic heterocycles. The van der Waals surface area contributed by atoms with Crippen molar-refractivity contribution in [1.82, 2.24) is 9.55 Å². The van der Waals surface area contributed by atoms with Gasteiger partial charge in [-0.1, -0.05) is 17.7 Å². The molecule has 0 aliphatic heterocycles. The van der Waals surface area contributed by atoms with Gasteiger partial charge in [-0.15, -0.1) is 0 Å². The van der Waals surface area contributed by atoms with Crippen LogP contribution in [0.25, 0.3) is 0 Å². The number of benzene rings is 1. The van der Waals surface area contributed by atoms with Crippen LogP contribution in [0.5, 0.6) is 0 Å². The van der Waals surface area contributed by atoms with Gasteiger partial charge >= 0.3 is 0 Å². The van der Waals surface area contributed by atoms with Gasteiger partial charge in [-0.3, -0.25) is 0 Å². The van der Waals surface area contributed by atoms with Crippen molar-refractivity contribution in [3.63, 3.8) is 0 Å². The summed E-state index contributed by atoms with van der Waals surface area (Å²) in [6.07, 6.45) is 3.96. The highest BCUT2D eigenvalue weighted by atomic mass is 35.5. The Labute approximate surface area is 104 Å². The number of halogens is 2. The van der Waals surface area contributed by atoms with E-state index in [9.17, 15) is 4.39 Å². The second-order valence-corrected chi connectivity index (χ2v) is 4.40. The zero-order valence-electron chi connectivity index (χ0n) is 9.40. The van der Waals surface area contributed by atoms with Crippen molar-refractivity contribution in [2.75, 3.05) is 0 Å². The molecule has 0 fully saturated rings. The number of nitrogens with two attached hydrogens (primary N) is 1. The van der Waals surface area contributed by atoms with Crippen LogP contribution in [0.3, 0.4) is 0 Å². The first kappa shape index (κ1) is 12.1. The summed E-state index contributed by atoms with van der Waals surface area (Å²) in [4.78, 5) is 4.00. The average Bonchev–Trinajstić information content (AvgIpc) is 2.70. The van der Waals surface area contributed by atoms with Gasteiger partial charge in [0, 0.05) is 13.2 Å². The van der Waals surface area contributed by atoms with Crippen molar-refractivity contribution in [2.24, 2.45) is 12.8 Å². The fourth-order valence-corrected chi connectivity index (χ4v) is 1.87. The maximum absolute atomic E-state index is 13.3. The molecule has 5 heteroatoms. The molecule has 1 unspecified atom stereocenters. The Morgan fingerprint density at radius 3 is 2.88 bits per heavy atom. The average molecular weight is 254 g/mol. The summed E-state index contributed by atoms with van der Waals surface area (Å²) >= 11 is 5.62. The minimum Gasteiger partial charge on any atom is -0.336 e. The van der Waals surface area contributed by atoms with Crippen molar-refractivity contribution >= 4 is 11.6 Å². The standard InChI is InChI=1S/C12H13ClFN3/c1-17-7-16-6-12(17)11(15)5-8-2-3-9(13)10(14)4-8/h2-4,6-7,11H,5,15H2,1H3. The van der Waals surface area contributed by atoms with Crippen LogP contribution in [0, 0.1) is 5.82 Å². The Kier molecular flexibility index (Phi) is 3.45. The Morgan fingerprint density at radius 2 is 2.29 bits per heavy atom. The monoisotopic (exact) mass is 253 g/mol. The Morgan fingerprint density at radius 1 is 1.53 bits per heavy atom. The minimum absolute atomic E-state index is 0.128. The van der Waals surface area contributed by atoms with Crippen LogP contribution >= 0.6 is 11.6 Å². The highest BCUT2D eigenvalue weighted by Crippen LogP contribution is 2.19.